The molecule has 0 aliphatic rings. The van der Waals surface area contributed by atoms with Crippen LogP contribution in [0.15, 0.2) is 29.3 Å². The lowest BCUT2D eigenvalue weighted by Crippen LogP contribution is -2.39. The summed E-state index contributed by atoms with van der Waals surface area (Å²) < 4.78 is 7.09. The number of nitrogens with zero attached hydrogens (tertiary/aromatic N) is 5. The van der Waals surface area contributed by atoms with Crippen molar-refractivity contribution in [2.45, 2.75) is 33.4 Å². The molecule has 1 heterocycles. The molecule has 27 heavy (non-hydrogen) atoms. The number of aromatic nitrogens is 3. The van der Waals surface area contributed by atoms with Gasteiger partial charge in [-0.2, -0.15) is 0 Å². The Morgan fingerprint density at radius 1 is 1.26 bits per heavy atom. The minimum atomic E-state index is 0. The fourth-order valence-corrected chi connectivity index (χ4v) is 2.58. The molecule has 0 saturated heterocycles. The molecular weight excluding hydrogens is 455 g/mol. The number of hydrogen-bond acceptors (Lipinski definition) is 4. The number of ether oxygens (including phenoxy) is 1. The van der Waals surface area contributed by atoms with E-state index in [0.29, 0.717) is 6.54 Å². The van der Waals surface area contributed by atoms with Crippen molar-refractivity contribution in [2.24, 2.45) is 12.0 Å². The van der Waals surface area contributed by atoms with E-state index in [9.17, 15) is 0 Å². The monoisotopic (exact) mass is 486 g/mol. The van der Waals surface area contributed by atoms with Gasteiger partial charge in [0.2, 0.25) is 0 Å². The molecule has 0 aliphatic carbocycles. The maximum Gasteiger partial charge on any atom is 0.194 e. The summed E-state index contributed by atoms with van der Waals surface area (Å²) in [4.78, 5) is 6.90. The van der Waals surface area contributed by atoms with Crippen LogP contribution in [0.2, 0.25) is 0 Å². The van der Waals surface area contributed by atoms with E-state index in [2.05, 4.69) is 58.7 Å². The number of rotatable bonds is 8. The van der Waals surface area contributed by atoms with E-state index >= 15 is 0 Å². The molecule has 8 heteroatoms. The molecule has 2 aromatic rings. The predicted octanol–water partition coefficient (Wildman–Crippen LogP) is 2.66. The summed E-state index contributed by atoms with van der Waals surface area (Å²) in [7, 11) is 5.73. The summed E-state index contributed by atoms with van der Waals surface area (Å²) in [6.45, 7) is 6.89. The SMILES string of the molecule is COCCCNC(=NCc1nnc(C)n1C)N(C)Cc1ccccc1C.I. The van der Waals surface area contributed by atoms with E-state index < -0.39 is 0 Å². The zero-order valence-corrected chi connectivity index (χ0v) is 19.2. The smallest absolute Gasteiger partial charge is 0.194 e. The zero-order valence-electron chi connectivity index (χ0n) is 16.9. The number of aryl methyl sites for hydroxylation is 2. The van der Waals surface area contributed by atoms with Gasteiger partial charge in [-0.15, -0.1) is 34.2 Å². The lowest BCUT2D eigenvalue weighted by Gasteiger charge is -2.23. The number of guanidine groups is 1. The first-order chi connectivity index (χ1) is 12.5. The third kappa shape index (κ3) is 7.10. The topological polar surface area (TPSA) is 67.6 Å². The minimum absolute atomic E-state index is 0. The van der Waals surface area contributed by atoms with Crippen LogP contribution in [0.4, 0.5) is 0 Å². The number of benzene rings is 1. The molecule has 0 fully saturated rings. The van der Waals surface area contributed by atoms with Crippen LogP contribution < -0.4 is 5.32 Å². The van der Waals surface area contributed by atoms with E-state index in [1.807, 2.05) is 18.5 Å². The molecule has 0 bridgehead atoms. The van der Waals surface area contributed by atoms with E-state index in [0.717, 1.165) is 43.7 Å². The Bertz CT molecular complexity index is 731. The molecule has 0 radical (unpaired) electrons. The maximum absolute atomic E-state index is 5.13. The first-order valence-corrected chi connectivity index (χ1v) is 8.90. The van der Waals surface area contributed by atoms with E-state index in [1.165, 1.54) is 11.1 Å². The highest BCUT2D eigenvalue weighted by atomic mass is 127. The van der Waals surface area contributed by atoms with Gasteiger partial charge < -0.3 is 19.5 Å². The summed E-state index contributed by atoms with van der Waals surface area (Å²) in [5.41, 5.74) is 2.57. The minimum Gasteiger partial charge on any atom is -0.385 e. The fraction of sp³-hybridized carbons (Fsp3) is 0.526. The van der Waals surface area contributed by atoms with Gasteiger partial charge in [0.1, 0.15) is 12.4 Å². The quantitative estimate of drug-likeness (QED) is 0.269. The normalized spacial score (nSPS) is 11.2. The molecule has 2 rings (SSSR count). The molecule has 1 N–H and O–H groups in total. The van der Waals surface area contributed by atoms with Crippen molar-refractivity contribution in [2.75, 3.05) is 27.3 Å². The molecule has 0 saturated carbocycles. The number of aliphatic imine (C=N–C) groups is 1. The lowest BCUT2D eigenvalue weighted by atomic mass is 10.1. The Labute approximate surface area is 179 Å². The van der Waals surface area contributed by atoms with Gasteiger partial charge in [0.15, 0.2) is 11.8 Å². The van der Waals surface area contributed by atoms with Crippen LogP contribution in [0, 0.1) is 13.8 Å². The number of halogens is 1. The van der Waals surface area contributed by atoms with E-state index in [1.54, 1.807) is 7.11 Å². The van der Waals surface area contributed by atoms with Crippen LogP contribution in [0.3, 0.4) is 0 Å². The molecule has 0 atom stereocenters. The predicted molar refractivity (Wildman–Crippen MR) is 119 cm³/mol. The Hall–Kier alpha value is -1.68. The van der Waals surface area contributed by atoms with Gasteiger partial charge in [-0.25, -0.2) is 4.99 Å². The molecule has 0 unspecified atom stereocenters. The molecule has 1 aromatic heterocycles. The Kier molecular flexibility index (Phi) is 10.3. The van der Waals surface area contributed by atoms with Gasteiger partial charge in [0, 0.05) is 40.9 Å². The van der Waals surface area contributed by atoms with Crippen LogP contribution in [-0.4, -0.2) is 52.9 Å². The van der Waals surface area contributed by atoms with Crippen LogP contribution in [0.25, 0.3) is 0 Å². The summed E-state index contributed by atoms with van der Waals surface area (Å²) in [6, 6.07) is 8.42. The Morgan fingerprint density at radius 2 is 2.00 bits per heavy atom. The third-order valence-electron chi connectivity index (χ3n) is 4.39. The molecular formula is C19H31IN6O. The Balaban J connectivity index is 0.00000364. The second kappa shape index (κ2) is 11.9. The highest BCUT2D eigenvalue weighted by molar-refractivity contribution is 14.0. The lowest BCUT2D eigenvalue weighted by molar-refractivity contribution is 0.195. The second-order valence-corrected chi connectivity index (χ2v) is 6.42. The van der Waals surface area contributed by atoms with Gasteiger partial charge in [-0.05, 0) is 31.4 Å². The van der Waals surface area contributed by atoms with Crippen LogP contribution in [0.1, 0.15) is 29.2 Å². The van der Waals surface area contributed by atoms with Gasteiger partial charge in [-0.1, -0.05) is 24.3 Å². The first-order valence-electron chi connectivity index (χ1n) is 8.90. The van der Waals surface area contributed by atoms with Crippen molar-refractivity contribution in [3.63, 3.8) is 0 Å². The van der Waals surface area contributed by atoms with Crippen LogP contribution >= 0.6 is 24.0 Å². The van der Waals surface area contributed by atoms with Crippen LogP contribution in [-0.2, 0) is 24.9 Å². The van der Waals surface area contributed by atoms with Crippen molar-refractivity contribution < 1.29 is 4.74 Å². The molecule has 150 valence electrons. The zero-order chi connectivity index (χ0) is 18.9. The Morgan fingerprint density at radius 3 is 2.63 bits per heavy atom. The standard InChI is InChI=1S/C19H30N6O.HI/c1-15-9-6-7-10-17(15)14-24(3)19(20-11-8-12-26-5)21-13-18-23-22-16(2)25(18)4;/h6-7,9-10H,8,11-14H2,1-5H3,(H,20,21);1H. The fourth-order valence-electron chi connectivity index (χ4n) is 2.58. The van der Waals surface area contributed by atoms with Crippen molar-refractivity contribution >= 4 is 29.9 Å². The average molecular weight is 486 g/mol. The van der Waals surface area contributed by atoms with Gasteiger partial charge in [0.05, 0.1) is 0 Å². The summed E-state index contributed by atoms with van der Waals surface area (Å²) in [5.74, 6) is 2.59. The van der Waals surface area contributed by atoms with Gasteiger partial charge >= 0.3 is 0 Å². The molecule has 0 amide bonds. The third-order valence-corrected chi connectivity index (χ3v) is 4.39. The average Bonchev–Trinajstić information content (AvgIpc) is 2.95. The van der Waals surface area contributed by atoms with Crippen molar-refractivity contribution in [1.82, 2.24) is 25.0 Å². The second-order valence-electron chi connectivity index (χ2n) is 6.42. The van der Waals surface area contributed by atoms with Gasteiger partial charge in [0.25, 0.3) is 0 Å². The summed E-state index contributed by atoms with van der Waals surface area (Å²) in [6.07, 6.45) is 0.927. The van der Waals surface area contributed by atoms with Crippen molar-refractivity contribution in [1.29, 1.82) is 0 Å². The van der Waals surface area contributed by atoms with Gasteiger partial charge in [-0.3, -0.25) is 0 Å². The van der Waals surface area contributed by atoms with Crippen LogP contribution in [0.5, 0.6) is 0 Å². The maximum atomic E-state index is 5.13. The largest absolute Gasteiger partial charge is 0.385 e. The van der Waals surface area contributed by atoms with Crippen molar-refractivity contribution in [3.8, 4) is 0 Å². The summed E-state index contributed by atoms with van der Waals surface area (Å²) >= 11 is 0. The van der Waals surface area contributed by atoms with E-state index in [4.69, 9.17) is 9.73 Å². The van der Waals surface area contributed by atoms with E-state index in [-0.39, 0.29) is 24.0 Å². The number of nitrogens with one attached hydrogen (secondary N) is 1. The molecule has 0 aliphatic heterocycles. The molecule has 0 spiro atoms. The molecule has 7 nitrogen and oxygen atoms in total. The highest BCUT2D eigenvalue weighted by Crippen LogP contribution is 2.10. The number of methoxy groups -OCH3 is 1. The summed E-state index contributed by atoms with van der Waals surface area (Å²) in [5, 5.41) is 11.7. The first kappa shape index (κ1) is 23.4. The molecule has 1 aromatic carbocycles. The highest BCUT2D eigenvalue weighted by Gasteiger charge is 2.10. The number of hydrogen-bond donors (Lipinski definition) is 1. The van der Waals surface area contributed by atoms with Crippen molar-refractivity contribution in [3.05, 3.63) is 47.0 Å².